The molecule has 9 heteroatoms. The van der Waals surface area contributed by atoms with Gasteiger partial charge in [0.2, 0.25) is 17.8 Å². The molecule has 3 aromatic rings. The molecule has 0 bridgehead atoms. The van der Waals surface area contributed by atoms with Gasteiger partial charge in [-0.3, -0.25) is 0 Å². The maximum atomic E-state index is 6.09. The number of piperidine rings is 2. The highest BCUT2D eigenvalue weighted by Crippen LogP contribution is 2.25. The fourth-order valence-corrected chi connectivity index (χ4v) is 4.44. The maximum absolute atomic E-state index is 6.09. The van der Waals surface area contributed by atoms with Crippen molar-refractivity contribution in [3.05, 3.63) is 47.2 Å². The van der Waals surface area contributed by atoms with E-state index in [0.717, 1.165) is 49.4 Å². The van der Waals surface area contributed by atoms with Gasteiger partial charge in [0.05, 0.1) is 6.21 Å². The summed E-state index contributed by atoms with van der Waals surface area (Å²) in [4.78, 5) is 18.6. The molecule has 33 heavy (non-hydrogen) atoms. The van der Waals surface area contributed by atoms with Crippen LogP contribution in [0.25, 0.3) is 11.3 Å². The molecule has 2 aliphatic heterocycles. The van der Waals surface area contributed by atoms with E-state index in [9.17, 15) is 0 Å². The Labute approximate surface area is 198 Å². The second-order valence-corrected chi connectivity index (χ2v) is 8.87. The van der Waals surface area contributed by atoms with Gasteiger partial charge in [0.15, 0.2) is 0 Å². The van der Waals surface area contributed by atoms with Crippen LogP contribution in [0.15, 0.2) is 45.9 Å². The molecule has 0 unspecified atom stereocenters. The van der Waals surface area contributed by atoms with E-state index >= 15 is 0 Å². The summed E-state index contributed by atoms with van der Waals surface area (Å²) < 4.78 is 5.88. The SMILES string of the molecule is Clc1cccc(-c2ccc(C=NNc3nc(N4CCCCC4)nc(N4CCCCC4)n3)o2)c1. The Balaban J connectivity index is 1.33. The third-order valence-corrected chi connectivity index (χ3v) is 6.22. The Bertz CT molecular complexity index is 1070. The molecule has 4 heterocycles. The van der Waals surface area contributed by atoms with Crippen molar-refractivity contribution in [2.75, 3.05) is 41.4 Å². The molecule has 5 rings (SSSR count). The maximum Gasteiger partial charge on any atom is 0.250 e. The van der Waals surface area contributed by atoms with Crippen LogP contribution < -0.4 is 15.2 Å². The number of nitrogens with one attached hydrogen (secondary N) is 1. The zero-order chi connectivity index (χ0) is 22.5. The van der Waals surface area contributed by atoms with Crippen molar-refractivity contribution >= 4 is 35.7 Å². The van der Waals surface area contributed by atoms with Crippen LogP contribution in [0.4, 0.5) is 17.8 Å². The zero-order valence-electron chi connectivity index (χ0n) is 18.6. The smallest absolute Gasteiger partial charge is 0.250 e. The van der Waals surface area contributed by atoms with Crippen LogP contribution in [0.2, 0.25) is 5.02 Å². The molecule has 1 aromatic carbocycles. The number of halogens is 1. The van der Waals surface area contributed by atoms with Gasteiger partial charge < -0.3 is 14.2 Å². The molecule has 2 fully saturated rings. The molecule has 2 aromatic heterocycles. The molecule has 0 spiro atoms. The van der Waals surface area contributed by atoms with Crippen molar-refractivity contribution in [1.82, 2.24) is 15.0 Å². The summed E-state index contributed by atoms with van der Waals surface area (Å²) in [6, 6.07) is 11.3. The predicted molar refractivity (Wildman–Crippen MR) is 132 cm³/mol. The molecular weight excluding hydrogens is 438 g/mol. The normalized spacial score (nSPS) is 17.0. The lowest BCUT2D eigenvalue weighted by atomic mass is 10.1. The van der Waals surface area contributed by atoms with Gasteiger partial charge in [-0.25, -0.2) is 5.43 Å². The lowest BCUT2D eigenvalue weighted by molar-refractivity contribution is 0.556. The number of hydrogen-bond acceptors (Lipinski definition) is 8. The van der Waals surface area contributed by atoms with E-state index in [0.29, 0.717) is 16.7 Å². The summed E-state index contributed by atoms with van der Waals surface area (Å²) >= 11 is 6.09. The molecule has 172 valence electrons. The second-order valence-electron chi connectivity index (χ2n) is 8.44. The van der Waals surface area contributed by atoms with Gasteiger partial charge in [0.25, 0.3) is 0 Å². The summed E-state index contributed by atoms with van der Waals surface area (Å²) in [5.41, 5.74) is 3.90. The molecular formula is C24H28ClN7O. The highest BCUT2D eigenvalue weighted by atomic mass is 35.5. The lowest BCUT2D eigenvalue weighted by Gasteiger charge is -2.30. The standard InChI is InChI=1S/C24H28ClN7O/c25-19-9-7-8-18(16-19)21-11-10-20(33-21)17-26-30-22-27-23(31-12-3-1-4-13-31)29-24(28-22)32-14-5-2-6-15-32/h7-11,16-17H,1-6,12-15H2,(H,27,28,29,30). The van der Waals surface area contributed by atoms with Crippen LogP contribution >= 0.6 is 11.6 Å². The summed E-state index contributed by atoms with van der Waals surface area (Å²) in [5.74, 6) is 3.26. The summed E-state index contributed by atoms with van der Waals surface area (Å²) in [6.45, 7) is 3.91. The Hall–Kier alpha value is -3.13. The molecule has 2 saturated heterocycles. The van der Waals surface area contributed by atoms with Gasteiger partial charge in [0, 0.05) is 36.8 Å². The zero-order valence-corrected chi connectivity index (χ0v) is 19.3. The fraction of sp³-hybridized carbons (Fsp3) is 0.417. The van der Waals surface area contributed by atoms with Crippen molar-refractivity contribution in [3.63, 3.8) is 0 Å². The molecule has 0 atom stereocenters. The van der Waals surface area contributed by atoms with E-state index in [1.165, 1.54) is 38.5 Å². The topological polar surface area (TPSA) is 82.7 Å². The lowest BCUT2D eigenvalue weighted by Crippen LogP contribution is -2.34. The van der Waals surface area contributed by atoms with Crippen molar-refractivity contribution in [2.24, 2.45) is 5.10 Å². The Kier molecular flexibility index (Phi) is 6.71. The van der Waals surface area contributed by atoms with Crippen LogP contribution in [0, 0.1) is 0 Å². The number of rotatable bonds is 6. The number of hydrazone groups is 1. The van der Waals surface area contributed by atoms with Crippen LogP contribution in [0.5, 0.6) is 0 Å². The molecule has 0 radical (unpaired) electrons. The number of furan rings is 1. The average Bonchev–Trinajstić information content (AvgIpc) is 3.34. The average molecular weight is 466 g/mol. The van der Waals surface area contributed by atoms with E-state index in [4.69, 9.17) is 21.0 Å². The first-order chi connectivity index (χ1) is 16.2. The minimum Gasteiger partial charge on any atom is -0.455 e. The van der Waals surface area contributed by atoms with Crippen LogP contribution in [-0.2, 0) is 0 Å². The summed E-state index contributed by atoms with van der Waals surface area (Å²) in [7, 11) is 0. The third kappa shape index (κ3) is 5.45. The van der Waals surface area contributed by atoms with Crippen LogP contribution in [0.1, 0.15) is 44.3 Å². The van der Waals surface area contributed by atoms with Gasteiger partial charge in [-0.1, -0.05) is 23.7 Å². The van der Waals surface area contributed by atoms with E-state index in [1.807, 2.05) is 36.4 Å². The van der Waals surface area contributed by atoms with E-state index < -0.39 is 0 Å². The van der Waals surface area contributed by atoms with Crippen molar-refractivity contribution in [1.29, 1.82) is 0 Å². The number of hydrogen-bond donors (Lipinski definition) is 1. The predicted octanol–water partition coefficient (Wildman–Crippen LogP) is 5.21. The summed E-state index contributed by atoms with van der Waals surface area (Å²) in [6.07, 6.45) is 8.81. The monoisotopic (exact) mass is 465 g/mol. The van der Waals surface area contributed by atoms with E-state index in [1.54, 1.807) is 6.21 Å². The second kappa shape index (κ2) is 10.2. The molecule has 0 amide bonds. The third-order valence-electron chi connectivity index (χ3n) is 5.98. The highest BCUT2D eigenvalue weighted by Gasteiger charge is 2.20. The molecule has 2 aliphatic rings. The minimum absolute atomic E-state index is 0.448. The van der Waals surface area contributed by atoms with Crippen LogP contribution in [-0.4, -0.2) is 47.3 Å². The van der Waals surface area contributed by atoms with Gasteiger partial charge in [-0.05, 0) is 62.8 Å². The fourth-order valence-electron chi connectivity index (χ4n) is 4.25. The minimum atomic E-state index is 0.448. The van der Waals surface area contributed by atoms with Crippen molar-refractivity contribution in [2.45, 2.75) is 38.5 Å². The van der Waals surface area contributed by atoms with Crippen LogP contribution in [0.3, 0.4) is 0 Å². The highest BCUT2D eigenvalue weighted by molar-refractivity contribution is 6.30. The quantitative estimate of drug-likeness (QED) is 0.395. The number of nitrogens with zero attached hydrogens (tertiary/aromatic N) is 6. The molecule has 1 N–H and O–H groups in total. The van der Waals surface area contributed by atoms with Gasteiger partial charge in [-0.15, -0.1) is 0 Å². The Morgan fingerprint density at radius 3 is 2.15 bits per heavy atom. The van der Waals surface area contributed by atoms with E-state index in [-0.39, 0.29) is 0 Å². The molecule has 8 nitrogen and oxygen atoms in total. The Morgan fingerprint density at radius 2 is 1.52 bits per heavy atom. The largest absolute Gasteiger partial charge is 0.455 e. The first-order valence-corrected chi connectivity index (χ1v) is 12.0. The number of benzene rings is 1. The van der Waals surface area contributed by atoms with Crippen molar-refractivity contribution < 1.29 is 4.42 Å². The Morgan fingerprint density at radius 1 is 0.848 bits per heavy atom. The molecule has 0 saturated carbocycles. The molecule has 0 aliphatic carbocycles. The first kappa shape index (κ1) is 21.7. The number of aromatic nitrogens is 3. The van der Waals surface area contributed by atoms with Gasteiger partial charge in [-0.2, -0.15) is 20.1 Å². The first-order valence-electron chi connectivity index (χ1n) is 11.7. The van der Waals surface area contributed by atoms with E-state index in [2.05, 4.69) is 30.3 Å². The van der Waals surface area contributed by atoms with Gasteiger partial charge in [0.1, 0.15) is 11.5 Å². The van der Waals surface area contributed by atoms with Gasteiger partial charge >= 0.3 is 0 Å². The van der Waals surface area contributed by atoms with Crippen molar-refractivity contribution in [3.8, 4) is 11.3 Å². The number of anilines is 3. The summed E-state index contributed by atoms with van der Waals surface area (Å²) in [5, 5.41) is 5.00.